The Morgan fingerprint density at radius 2 is 2.06 bits per heavy atom. The summed E-state index contributed by atoms with van der Waals surface area (Å²) in [5, 5.41) is 0. The lowest BCUT2D eigenvalue weighted by molar-refractivity contribution is 0.268. The lowest BCUT2D eigenvalue weighted by Gasteiger charge is -2.32. The van der Waals surface area contributed by atoms with Gasteiger partial charge in [-0.3, -0.25) is 4.90 Å². The number of hydrogen-bond acceptors (Lipinski definition) is 2. The fourth-order valence-electron chi connectivity index (χ4n) is 3.69. The molecule has 16 heavy (non-hydrogen) atoms. The highest BCUT2D eigenvalue weighted by atomic mass is 15.4. The molecular weight excluding hydrogens is 196 g/mol. The van der Waals surface area contributed by atoms with Crippen molar-refractivity contribution in [1.82, 2.24) is 4.90 Å². The molecule has 0 saturated carbocycles. The molecule has 1 saturated heterocycles. The molecule has 1 aromatic rings. The molecule has 1 fully saturated rings. The van der Waals surface area contributed by atoms with E-state index in [0.717, 1.165) is 0 Å². The van der Waals surface area contributed by atoms with Crippen LogP contribution in [-0.4, -0.2) is 31.7 Å². The summed E-state index contributed by atoms with van der Waals surface area (Å²) >= 11 is 0. The van der Waals surface area contributed by atoms with Gasteiger partial charge in [0.1, 0.15) is 0 Å². The van der Waals surface area contributed by atoms with Gasteiger partial charge in [0.2, 0.25) is 0 Å². The van der Waals surface area contributed by atoms with Crippen molar-refractivity contribution in [3.8, 4) is 0 Å². The van der Waals surface area contributed by atoms with Crippen molar-refractivity contribution >= 4 is 5.69 Å². The third kappa shape index (κ3) is 1.06. The molecule has 0 bridgehead atoms. The zero-order valence-electron chi connectivity index (χ0n) is 10.6. The average molecular weight is 216 g/mol. The van der Waals surface area contributed by atoms with Gasteiger partial charge in [-0.1, -0.05) is 24.6 Å². The van der Waals surface area contributed by atoms with Crippen molar-refractivity contribution in [3.05, 3.63) is 29.3 Å². The maximum Gasteiger partial charge on any atom is 0.0911 e. The maximum atomic E-state index is 2.48. The second kappa shape index (κ2) is 3.01. The fraction of sp³-hybridized carbons (Fsp3) is 0.571. The number of aryl methyl sites for hydroxylation is 1. The van der Waals surface area contributed by atoms with Gasteiger partial charge in [0.05, 0.1) is 6.17 Å². The maximum absolute atomic E-state index is 2.48. The molecule has 1 aromatic carbocycles. The minimum atomic E-state index is 0.324. The molecular formula is C14H20N2. The van der Waals surface area contributed by atoms with Crippen LogP contribution in [0.3, 0.4) is 0 Å². The first-order valence-corrected chi connectivity index (χ1v) is 6.08. The Morgan fingerprint density at radius 1 is 1.31 bits per heavy atom. The number of fused-ring (bicyclic) bond motifs is 3. The van der Waals surface area contributed by atoms with E-state index in [2.05, 4.69) is 55.9 Å². The Bertz CT molecular complexity index is 440. The van der Waals surface area contributed by atoms with Crippen LogP contribution in [0, 0.1) is 6.92 Å². The van der Waals surface area contributed by atoms with E-state index in [1.54, 1.807) is 5.56 Å². The topological polar surface area (TPSA) is 6.48 Å². The van der Waals surface area contributed by atoms with Gasteiger partial charge in [0.15, 0.2) is 0 Å². The second-order valence-electron chi connectivity index (χ2n) is 5.65. The van der Waals surface area contributed by atoms with Crippen LogP contribution in [0.25, 0.3) is 0 Å². The Morgan fingerprint density at radius 3 is 2.81 bits per heavy atom. The molecule has 1 unspecified atom stereocenters. The number of likely N-dealkylation sites (N-methyl/N-ethyl adjacent to an activating group) is 2. The molecule has 2 aliphatic rings. The molecule has 0 spiro atoms. The number of anilines is 1. The fourth-order valence-corrected chi connectivity index (χ4v) is 3.69. The normalized spacial score (nSPS) is 33.0. The zero-order valence-corrected chi connectivity index (χ0v) is 10.6. The molecule has 0 amide bonds. The molecule has 2 aliphatic heterocycles. The highest BCUT2D eigenvalue weighted by molar-refractivity contribution is 5.65. The second-order valence-corrected chi connectivity index (χ2v) is 5.65. The van der Waals surface area contributed by atoms with E-state index in [0.29, 0.717) is 11.6 Å². The number of hydrogen-bond donors (Lipinski definition) is 0. The van der Waals surface area contributed by atoms with E-state index in [1.165, 1.54) is 24.2 Å². The van der Waals surface area contributed by atoms with Crippen LogP contribution < -0.4 is 4.90 Å². The third-order valence-corrected chi connectivity index (χ3v) is 4.49. The monoisotopic (exact) mass is 216 g/mol. The number of likely N-dealkylation sites (tertiary alicyclic amines) is 1. The Labute approximate surface area is 97.9 Å². The summed E-state index contributed by atoms with van der Waals surface area (Å²) in [7, 11) is 4.47. The van der Waals surface area contributed by atoms with Crippen LogP contribution in [0.15, 0.2) is 18.2 Å². The van der Waals surface area contributed by atoms with Crippen molar-refractivity contribution < 1.29 is 0 Å². The van der Waals surface area contributed by atoms with Crippen LogP contribution in [0.4, 0.5) is 5.69 Å². The molecule has 0 aliphatic carbocycles. The highest BCUT2D eigenvalue weighted by Gasteiger charge is 2.51. The van der Waals surface area contributed by atoms with Crippen molar-refractivity contribution in [2.75, 3.05) is 25.5 Å². The highest BCUT2D eigenvalue weighted by Crippen LogP contribution is 2.50. The molecule has 0 radical (unpaired) electrons. The predicted octanol–water partition coefficient (Wildman–Crippen LogP) is 2.36. The summed E-state index contributed by atoms with van der Waals surface area (Å²) in [6.45, 7) is 5.82. The minimum absolute atomic E-state index is 0.324. The van der Waals surface area contributed by atoms with Gasteiger partial charge in [-0.05, 0) is 32.0 Å². The molecule has 86 valence electrons. The van der Waals surface area contributed by atoms with E-state index in [1.807, 2.05) is 0 Å². The Balaban J connectivity index is 2.20. The smallest absolute Gasteiger partial charge is 0.0911 e. The van der Waals surface area contributed by atoms with Crippen molar-refractivity contribution in [2.24, 2.45) is 0 Å². The lowest BCUT2D eigenvalue weighted by atomic mass is 9.81. The number of nitrogens with zero attached hydrogens (tertiary/aromatic N) is 2. The Kier molecular flexibility index (Phi) is 1.91. The summed E-state index contributed by atoms with van der Waals surface area (Å²) in [6, 6.07) is 6.88. The van der Waals surface area contributed by atoms with Gasteiger partial charge in [0.25, 0.3) is 0 Å². The molecule has 0 aromatic heterocycles. The number of benzene rings is 1. The van der Waals surface area contributed by atoms with E-state index in [-0.39, 0.29) is 0 Å². The zero-order chi connectivity index (χ0) is 11.5. The molecule has 2 heterocycles. The van der Waals surface area contributed by atoms with E-state index < -0.39 is 0 Å². The quantitative estimate of drug-likeness (QED) is 0.657. The summed E-state index contributed by atoms with van der Waals surface area (Å²) in [6.07, 6.45) is 1.82. The molecule has 2 atom stereocenters. The van der Waals surface area contributed by atoms with Crippen molar-refractivity contribution in [1.29, 1.82) is 0 Å². The first kappa shape index (κ1) is 10.2. The van der Waals surface area contributed by atoms with Gasteiger partial charge >= 0.3 is 0 Å². The van der Waals surface area contributed by atoms with Gasteiger partial charge < -0.3 is 4.90 Å². The van der Waals surface area contributed by atoms with Gasteiger partial charge in [-0.25, -0.2) is 0 Å². The Hall–Kier alpha value is -1.02. The van der Waals surface area contributed by atoms with E-state index in [4.69, 9.17) is 0 Å². The van der Waals surface area contributed by atoms with Gasteiger partial charge in [0, 0.05) is 24.7 Å². The predicted molar refractivity (Wildman–Crippen MR) is 68.0 cm³/mol. The lowest BCUT2D eigenvalue weighted by Crippen LogP contribution is -2.45. The first-order chi connectivity index (χ1) is 7.54. The standard InChI is InChI=1S/C14H20N2/c1-10-5-6-12-11(9-10)14(2)7-8-15(3)13(14)16(12)4/h5-6,9,13H,7-8H2,1-4H3/t13?,14-/m1/s1. The summed E-state index contributed by atoms with van der Waals surface area (Å²) in [5.74, 6) is 0. The van der Waals surface area contributed by atoms with Crippen LogP contribution in [-0.2, 0) is 5.41 Å². The molecule has 3 rings (SSSR count). The van der Waals surface area contributed by atoms with Crippen LogP contribution >= 0.6 is 0 Å². The average Bonchev–Trinajstić information content (AvgIpc) is 2.65. The van der Waals surface area contributed by atoms with Crippen LogP contribution in [0.5, 0.6) is 0 Å². The minimum Gasteiger partial charge on any atom is -0.358 e. The largest absolute Gasteiger partial charge is 0.358 e. The van der Waals surface area contributed by atoms with Crippen molar-refractivity contribution in [3.63, 3.8) is 0 Å². The summed E-state index contributed by atoms with van der Waals surface area (Å²) in [4.78, 5) is 4.93. The number of rotatable bonds is 0. The third-order valence-electron chi connectivity index (χ3n) is 4.49. The molecule has 2 nitrogen and oxygen atoms in total. The van der Waals surface area contributed by atoms with Crippen LogP contribution in [0.1, 0.15) is 24.5 Å². The SMILES string of the molecule is Cc1ccc2c(c1)[C@@]1(C)CCN(C)C1N2C. The van der Waals surface area contributed by atoms with E-state index >= 15 is 0 Å². The van der Waals surface area contributed by atoms with E-state index in [9.17, 15) is 0 Å². The molecule has 0 N–H and O–H groups in total. The first-order valence-electron chi connectivity index (χ1n) is 6.08. The summed E-state index contributed by atoms with van der Waals surface area (Å²) < 4.78 is 0. The van der Waals surface area contributed by atoms with Gasteiger partial charge in [-0.15, -0.1) is 0 Å². The van der Waals surface area contributed by atoms with Crippen molar-refractivity contribution in [2.45, 2.75) is 31.8 Å². The summed E-state index contributed by atoms with van der Waals surface area (Å²) in [5.41, 5.74) is 4.67. The van der Waals surface area contributed by atoms with Crippen LogP contribution in [0.2, 0.25) is 0 Å². The van der Waals surface area contributed by atoms with Gasteiger partial charge in [-0.2, -0.15) is 0 Å². The molecule has 2 heteroatoms.